The number of nitrogens with two attached hydrogens (primary N) is 1. The molecule has 1 unspecified atom stereocenters. The summed E-state index contributed by atoms with van der Waals surface area (Å²) >= 11 is 0. The highest BCUT2D eigenvalue weighted by Gasteiger charge is 2.39. The SMILES string of the molecule is CCCC1(C(=O)Nc2cccc(NC(N)=O)c2)CCCN1. The van der Waals surface area contributed by atoms with E-state index < -0.39 is 11.6 Å². The van der Waals surface area contributed by atoms with Crippen molar-refractivity contribution in [2.45, 2.75) is 38.1 Å². The van der Waals surface area contributed by atoms with Crippen LogP contribution in [0.2, 0.25) is 0 Å². The van der Waals surface area contributed by atoms with Crippen molar-refractivity contribution >= 4 is 23.3 Å². The number of amides is 3. The molecule has 6 nitrogen and oxygen atoms in total. The van der Waals surface area contributed by atoms with Crippen molar-refractivity contribution in [2.24, 2.45) is 5.73 Å². The van der Waals surface area contributed by atoms with Gasteiger partial charge in [-0.3, -0.25) is 4.79 Å². The second-order valence-electron chi connectivity index (χ2n) is 5.39. The highest BCUT2D eigenvalue weighted by molar-refractivity contribution is 5.99. The van der Waals surface area contributed by atoms with Crippen LogP contribution in [0, 0.1) is 0 Å². The molecule has 0 spiro atoms. The monoisotopic (exact) mass is 290 g/mol. The topological polar surface area (TPSA) is 96.2 Å². The lowest BCUT2D eigenvalue weighted by molar-refractivity contribution is -0.122. The molecule has 0 bridgehead atoms. The number of hydrogen-bond donors (Lipinski definition) is 4. The predicted octanol–water partition coefficient (Wildman–Crippen LogP) is 2.04. The molecular formula is C15H22N4O2. The molecule has 0 aromatic heterocycles. The van der Waals surface area contributed by atoms with Crippen molar-refractivity contribution in [1.29, 1.82) is 0 Å². The third-order valence-electron chi connectivity index (χ3n) is 3.74. The van der Waals surface area contributed by atoms with Gasteiger partial charge in [0, 0.05) is 11.4 Å². The Balaban J connectivity index is 2.09. The van der Waals surface area contributed by atoms with Crippen LogP contribution in [-0.4, -0.2) is 24.0 Å². The highest BCUT2D eigenvalue weighted by Crippen LogP contribution is 2.27. The molecule has 1 heterocycles. The lowest BCUT2D eigenvalue weighted by atomic mass is 9.91. The molecule has 1 aromatic carbocycles. The molecule has 6 heteroatoms. The van der Waals surface area contributed by atoms with Gasteiger partial charge in [0.1, 0.15) is 0 Å². The van der Waals surface area contributed by atoms with E-state index in [0.717, 1.165) is 32.2 Å². The summed E-state index contributed by atoms with van der Waals surface area (Å²) in [5.41, 5.74) is 5.83. The Kier molecular flexibility index (Phi) is 4.80. The number of primary amides is 1. The second kappa shape index (κ2) is 6.58. The second-order valence-corrected chi connectivity index (χ2v) is 5.39. The van der Waals surface area contributed by atoms with E-state index in [2.05, 4.69) is 22.9 Å². The van der Waals surface area contributed by atoms with Crippen LogP contribution < -0.4 is 21.7 Å². The van der Waals surface area contributed by atoms with Gasteiger partial charge >= 0.3 is 6.03 Å². The molecule has 1 atom stereocenters. The van der Waals surface area contributed by atoms with E-state index in [4.69, 9.17) is 5.73 Å². The zero-order valence-electron chi connectivity index (χ0n) is 12.2. The number of nitrogens with one attached hydrogen (secondary N) is 3. The Morgan fingerprint density at radius 1 is 1.33 bits per heavy atom. The summed E-state index contributed by atoms with van der Waals surface area (Å²) < 4.78 is 0. The Labute approximate surface area is 124 Å². The third-order valence-corrected chi connectivity index (χ3v) is 3.74. The zero-order chi connectivity index (χ0) is 15.3. The standard InChI is InChI=1S/C15H22N4O2/c1-2-7-15(8-4-9-17-15)13(20)18-11-5-3-6-12(10-11)19-14(16)21/h3,5-6,10,17H,2,4,7-9H2,1H3,(H,18,20)(H3,16,19,21). The van der Waals surface area contributed by atoms with Crippen LogP contribution in [0.25, 0.3) is 0 Å². The van der Waals surface area contributed by atoms with E-state index in [9.17, 15) is 9.59 Å². The molecule has 0 saturated carbocycles. The number of rotatable bonds is 5. The third kappa shape index (κ3) is 3.72. The van der Waals surface area contributed by atoms with E-state index >= 15 is 0 Å². The van der Waals surface area contributed by atoms with Crippen molar-refractivity contribution in [3.63, 3.8) is 0 Å². The molecule has 1 aliphatic rings. The summed E-state index contributed by atoms with van der Waals surface area (Å²) in [6.45, 7) is 2.95. The molecule has 114 valence electrons. The van der Waals surface area contributed by atoms with Crippen molar-refractivity contribution in [3.05, 3.63) is 24.3 Å². The molecule has 0 radical (unpaired) electrons. The molecule has 1 aliphatic heterocycles. The van der Waals surface area contributed by atoms with Crippen LogP contribution in [0.15, 0.2) is 24.3 Å². The number of urea groups is 1. The van der Waals surface area contributed by atoms with E-state index in [-0.39, 0.29) is 5.91 Å². The number of carbonyl (C=O) groups excluding carboxylic acids is 2. The fraction of sp³-hybridized carbons (Fsp3) is 0.467. The van der Waals surface area contributed by atoms with Crippen LogP contribution in [0.5, 0.6) is 0 Å². The maximum atomic E-state index is 12.6. The van der Waals surface area contributed by atoms with Gasteiger partial charge in [-0.15, -0.1) is 0 Å². The predicted molar refractivity (Wildman–Crippen MR) is 83.2 cm³/mol. The Bertz CT molecular complexity index is 524. The number of benzene rings is 1. The summed E-state index contributed by atoms with van der Waals surface area (Å²) in [5, 5.41) is 8.76. The minimum Gasteiger partial charge on any atom is -0.351 e. The van der Waals surface area contributed by atoms with Crippen LogP contribution in [-0.2, 0) is 4.79 Å². The largest absolute Gasteiger partial charge is 0.351 e. The van der Waals surface area contributed by atoms with Crippen LogP contribution >= 0.6 is 0 Å². The normalized spacial score (nSPS) is 21.0. The molecule has 1 aromatic rings. The lowest BCUT2D eigenvalue weighted by Crippen LogP contribution is -2.50. The van der Waals surface area contributed by atoms with E-state index in [1.165, 1.54) is 0 Å². The fourth-order valence-electron chi connectivity index (χ4n) is 2.82. The Hall–Kier alpha value is -2.08. The fourth-order valence-corrected chi connectivity index (χ4v) is 2.82. The van der Waals surface area contributed by atoms with Gasteiger partial charge in [0.25, 0.3) is 0 Å². The van der Waals surface area contributed by atoms with E-state index in [1.54, 1.807) is 24.3 Å². The molecule has 3 amide bonds. The number of anilines is 2. The number of hydrogen-bond acceptors (Lipinski definition) is 3. The molecule has 5 N–H and O–H groups in total. The molecule has 2 rings (SSSR count). The summed E-state index contributed by atoms with van der Waals surface area (Å²) in [6.07, 6.45) is 3.63. The van der Waals surface area contributed by atoms with Gasteiger partial charge in [-0.05, 0) is 44.0 Å². The van der Waals surface area contributed by atoms with Gasteiger partial charge in [0.15, 0.2) is 0 Å². The van der Waals surface area contributed by atoms with E-state index in [0.29, 0.717) is 11.4 Å². The summed E-state index contributed by atoms with van der Waals surface area (Å²) in [6, 6.07) is 6.33. The summed E-state index contributed by atoms with van der Waals surface area (Å²) in [7, 11) is 0. The lowest BCUT2D eigenvalue weighted by Gasteiger charge is -2.27. The molecule has 0 aliphatic carbocycles. The van der Waals surface area contributed by atoms with Gasteiger partial charge in [0.2, 0.25) is 5.91 Å². The number of carbonyl (C=O) groups is 2. The maximum Gasteiger partial charge on any atom is 0.316 e. The van der Waals surface area contributed by atoms with Crippen molar-refractivity contribution < 1.29 is 9.59 Å². The van der Waals surface area contributed by atoms with E-state index in [1.807, 2.05) is 0 Å². The van der Waals surface area contributed by atoms with Crippen LogP contribution in [0.3, 0.4) is 0 Å². The Morgan fingerprint density at radius 2 is 2.05 bits per heavy atom. The summed E-state index contributed by atoms with van der Waals surface area (Å²) in [5.74, 6) is -0.0157. The highest BCUT2D eigenvalue weighted by atomic mass is 16.2. The minimum absolute atomic E-state index is 0.0157. The Morgan fingerprint density at radius 3 is 2.62 bits per heavy atom. The van der Waals surface area contributed by atoms with Gasteiger partial charge in [-0.25, -0.2) is 4.79 Å². The van der Waals surface area contributed by atoms with Gasteiger partial charge in [-0.1, -0.05) is 19.4 Å². The summed E-state index contributed by atoms with van der Waals surface area (Å²) in [4.78, 5) is 23.4. The first-order valence-electron chi connectivity index (χ1n) is 7.29. The first-order chi connectivity index (χ1) is 10.1. The van der Waals surface area contributed by atoms with Crippen molar-refractivity contribution in [3.8, 4) is 0 Å². The van der Waals surface area contributed by atoms with Crippen LogP contribution in [0.4, 0.5) is 16.2 Å². The van der Waals surface area contributed by atoms with Gasteiger partial charge in [0.05, 0.1) is 5.54 Å². The van der Waals surface area contributed by atoms with Crippen molar-refractivity contribution in [2.75, 3.05) is 17.2 Å². The first kappa shape index (κ1) is 15.3. The smallest absolute Gasteiger partial charge is 0.316 e. The average Bonchev–Trinajstić information content (AvgIpc) is 2.88. The minimum atomic E-state index is -0.626. The van der Waals surface area contributed by atoms with Gasteiger partial charge < -0.3 is 21.7 Å². The first-order valence-corrected chi connectivity index (χ1v) is 7.29. The quantitative estimate of drug-likeness (QED) is 0.668. The molecule has 1 saturated heterocycles. The average molecular weight is 290 g/mol. The maximum absolute atomic E-state index is 12.6. The molecule has 21 heavy (non-hydrogen) atoms. The van der Waals surface area contributed by atoms with Gasteiger partial charge in [-0.2, -0.15) is 0 Å². The van der Waals surface area contributed by atoms with Crippen molar-refractivity contribution in [1.82, 2.24) is 5.32 Å². The molecular weight excluding hydrogens is 268 g/mol. The molecule has 1 fully saturated rings. The zero-order valence-corrected chi connectivity index (χ0v) is 12.2. The van der Waals surface area contributed by atoms with Crippen LogP contribution in [0.1, 0.15) is 32.6 Å².